The fourth-order valence-corrected chi connectivity index (χ4v) is 1.90. The van der Waals surface area contributed by atoms with Crippen LogP contribution in [0.25, 0.3) is 0 Å². The van der Waals surface area contributed by atoms with Gasteiger partial charge in [-0.1, -0.05) is 19.1 Å². The SMILES string of the molecule is CC(C(=O)Cc1ccc(O)cc1)C1CNC1. The van der Waals surface area contributed by atoms with Gasteiger partial charge in [-0.05, 0) is 36.7 Å². The predicted molar refractivity (Wildman–Crippen MR) is 62.3 cm³/mol. The van der Waals surface area contributed by atoms with Crippen LogP contribution in [0.4, 0.5) is 0 Å². The van der Waals surface area contributed by atoms with Gasteiger partial charge < -0.3 is 10.4 Å². The Labute approximate surface area is 95.5 Å². The van der Waals surface area contributed by atoms with E-state index in [4.69, 9.17) is 5.11 Å². The number of Topliss-reactive ketones (excluding diaryl/α,β-unsaturated/α-hetero) is 1. The van der Waals surface area contributed by atoms with Gasteiger partial charge in [0.05, 0.1) is 0 Å². The maximum atomic E-state index is 11.9. The van der Waals surface area contributed by atoms with Gasteiger partial charge in [-0.15, -0.1) is 0 Å². The van der Waals surface area contributed by atoms with E-state index in [-0.39, 0.29) is 17.5 Å². The van der Waals surface area contributed by atoms with Gasteiger partial charge in [0.25, 0.3) is 0 Å². The molecule has 86 valence electrons. The van der Waals surface area contributed by atoms with Crippen LogP contribution in [0.3, 0.4) is 0 Å². The molecule has 1 atom stereocenters. The molecule has 1 unspecified atom stereocenters. The minimum atomic E-state index is 0.134. The second-order valence-corrected chi connectivity index (χ2v) is 4.52. The maximum absolute atomic E-state index is 11.9. The first-order valence-electron chi connectivity index (χ1n) is 5.68. The highest BCUT2D eigenvalue weighted by Gasteiger charge is 2.28. The van der Waals surface area contributed by atoms with Crippen molar-refractivity contribution in [2.45, 2.75) is 13.3 Å². The van der Waals surface area contributed by atoms with Crippen LogP contribution >= 0.6 is 0 Å². The third kappa shape index (κ3) is 2.42. The first kappa shape index (κ1) is 11.1. The van der Waals surface area contributed by atoms with Crippen LogP contribution in [0.2, 0.25) is 0 Å². The van der Waals surface area contributed by atoms with E-state index < -0.39 is 0 Å². The summed E-state index contributed by atoms with van der Waals surface area (Å²) in [4.78, 5) is 11.9. The number of phenolic OH excluding ortho intramolecular Hbond substituents is 1. The Kier molecular flexibility index (Phi) is 3.25. The van der Waals surface area contributed by atoms with E-state index in [0.29, 0.717) is 12.3 Å². The highest BCUT2D eigenvalue weighted by atomic mass is 16.3. The molecule has 0 amide bonds. The van der Waals surface area contributed by atoms with Crippen molar-refractivity contribution in [3.63, 3.8) is 0 Å². The third-order valence-electron chi connectivity index (χ3n) is 3.34. The lowest BCUT2D eigenvalue weighted by atomic mass is 9.84. The summed E-state index contributed by atoms with van der Waals surface area (Å²) in [5.74, 6) is 1.17. The molecule has 1 aromatic carbocycles. The Morgan fingerprint density at radius 1 is 1.44 bits per heavy atom. The van der Waals surface area contributed by atoms with Gasteiger partial charge in [-0.25, -0.2) is 0 Å². The molecule has 1 aromatic rings. The molecule has 1 fully saturated rings. The van der Waals surface area contributed by atoms with Crippen molar-refractivity contribution >= 4 is 5.78 Å². The van der Waals surface area contributed by atoms with Gasteiger partial charge in [0.2, 0.25) is 0 Å². The van der Waals surface area contributed by atoms with Gasteiger partial charge in [-0.3, -0.25) is 4.79 Å². The van der Waals surface area contributed by atoms with E-state index in [1.807, 2.05) is 6.92 Å². The topological polar surface area (TPSA) is 49.3 Å². The molecule has 0 aliphatic carbocycles. The minimum Gasteiger partial charge on any atom is -0.508 e. The highest BCUT2D eigenvalue weighted by Crippen LogP contribution is 2.19. The monoisotopic (exact) mass is 219 g/mol. The summed E-state index contributed by atoms with van der Waals surface area (Å²) in [5, 5.41) is 12.3. The largest absolute Gasteiger partial charge is 0.508 e. The smallest absolute Gasteiger partial charge is 0.140 e. The molecule has 2 rings (SSSR count). The van der Waals surface area contributed by atoms with E-state index >= 15 is 0 Å². The normalized spacial score (nSPS) is 17.8. The predicted octanol–water partition coefficient (Wildman–Crippen LogP) is 1.36. The second-order valence-electron chi connectivity index (χ2n) is 4.52. The summed E-state index contributed by atoms with van der Waals surface area (Å²) < 4.78 is 0. The quantitative estimate of drug-likeness (QED) is 0.804. The fraction of sp³-hybridized carbons (Fsp3) is 0.462. The summed E-state index contributed by atoms with van der Waals surface area (Å²) in [7, 11) is 0. The number of phenols is 1. The second kappa shape index (κ2) is 4.66. The summed E-state index contributed by atoms with van der Waals surface area (Å²) in [5.41, 5.74) is 0.974. The van der Waals surface area contributed by atoms with Crippen LogP contribution in [0, 0.1) is 11.8 Å². The van der Waals surface area contributed by atoms with Crippen molar-refractivity contribution < 1.29 is 9.90 Å². The third-order valence-corrected chi connectivity index (χ3v) is 3.34. The number of benzene rings is 1. The van der Waals surface area contributed by atoms with Crippen LogP contribution in [-0.2, 0) is 11.2 Å². The van der Waals surface area contributed by atoms with Crippen molar-refractivity contribution in [2.75, 3.05) is 13.1 Å². The zero-order valence-electron chi connectivity index (χ0n) is 9.44. The molecule has 3 heteroatoms. The first-order valence-corrected chi connectivity index (χ1v) is 5.68. The molecule has 0 radical (unpaired) electrons. The van der Waals surface area contributed by atoms with Crippen molar-refractivity contribution in [3.05, 3.63) is 29.8 Å². The van der Waals surface area contributed by atoms with E-state index in [0.717, 1.165) is 18.7 Å². The molecular weight excluding hydrogens is 202 g/mol. The molecule has 0 spiro atoms. The Bertz CT molecular complexity index is 368. The van der Waals surface area contributed by atoms with Gasteiger partial charge in [-0.2, -0.15) is 0 Å². The molecule has 1 aliphatic rings. The molecule has 3 nitrogen and oxygen atoms in total. The maximum Gasteiger partial charge on any atom is 0.140 e. The number of hydrogen-bond donors (Lipinski definition) is 2. The molecule has 1 heterocycles. The van der Waals surface area contributed by atoms with Crippen LogP contribution in [-0.4, -0.2) is 24.0 Å². The van der Waals surface area contributed by atoms with Crippen LogP contribution in [0.1, 0.15) is 12.5 Å². The first-order chi connectivity index (χ1) is 7.66. The van der Waals surface area contributed by atoms with Crippen molar-refractivity contribution in [1.82, 2.24) is 5.32 Å². The van der Waals surface area contributed by atoms with Crippen molar-refractivity contribution in [2.24, 2.45) is 11.8 Å². The lowest BCUT2D eigenvalue weighted by Crippen LogP contribution is -2.47. The molecule has 0 bridgehead atoms. The van der Waals surface area contributed by atoms with Crippen molar-refractivity contribution in [1.29, 1.82) is 0 Å². The average molecular weight is 219 g/mol. The average Bonchev–Trinajstić information content (AvgIpc) is 2.19. The molecule has 16 heavy (non-hydrogen) atoms. The Hall–Kier alpha value is -1.35. The number of aromatic hydroxyl groups is 1. The minimum absolute atomic E-state index is 0.134. The lowest BCUT2D eigenvalue weighted by molar-refractivity contribution is -0.123. The van der Waals surface area contributed by atoms with E-state index in [1.165, 1.54) is 0 Å². The summed E-state index contributed by atoms with van der Waals surface area (Å²) in [6, 6.07) is 6.86. The lowest BCUT2D eigenvalue weighted by Gasteiger charge is -2.31. The standard InChI is InChI=1S/C13H17NO2/c1-9(11-7-14-8-11)13(16)6-10-2-4-12(15)5-3-10/h2-5,9,11,14-15H,6-8H2,1H3. The highest BCUT2D eigenvalue weighted by molar-refractivity contribution is 5.83. The number of carbonyl (C=O) groups excluding carboxylic acids is 1. The number of ketones is 1. The molecule has 2 N–H and O–H groups in total. The Morgan fingerprint density at radius 3 is 2.56 bits per heavy atom. The number of carbonyl (C=O) groups is 1. The van der Waals surface area contributed by atoms with E-state index in [2.05, 4.69) is 5.32 Å². The van der Waals surface area contributed by atoms with E-state index in [9.17, 15) is 4.79 Å². The summed E-state index contributed by atoms with van der Waals surface area (Å²) >= 11 is 0. The van der Waals surface area contributed by atoms with Gasteiger partial charge in [0.1, 0.15) is 11.5 Å². The van der Waals surface area contributed by atoms with Crippen LogP contribution < -0.4 is 5.32 Å². The van der Waals surface area contributed by atoms with Gasteiger partial charge >= 0.3 is 0 Å². The van der Waals surface area contributed by atoms with Gasteiger partial charge in [0, 0.05) is 12.3 Å². The van der Waals surface area contributed by atoms with Gasteiger partial charge in [0.15, 0.2) is 0 Å². The Balaban J connectivity index is 1.93. The van der Waals surface area contributed by atoms with Crippen LogP contribution in [0.15, 0.2) is 24.3 Å². The summed E-state index contributed by atoms with van der Waals surface area (Å²) in [6.07, 6.45) is 0.470. The molecule has 0 aromatic heterocycles. The summed E-state index contributed by atoms with van der Waals surface area (Å²) in [6.45, 7) is 3.93. The van der Waals surface area contributed by atoms with Crippen LogP contribution in [0.5, 0.6) is 5.75 Å². The number of rotatable bonds is 4. The Morgan fingerprint density at radius 2 is 2.06 bits per heavy atom. The number of hydrogen-bond acceptors (Lipinski definition) is 3. The fourth-order valence-electron chi connectivity index (χ4n) is 1.90. The molecule has 0 saturated carbocycles. The van der Waals surface area contributed by atoms with Crippen molar-refractivity contribution in [3.8, 4) is 5.75 Å². The molecule has 1 saturated heterocycles. The van der Waals surface area contributed by atoms with E-state index in [1.54, 1.807) is 24.3 Å². The zero-order chi connectivity index (χ0) is 11.5. The zero-order valence-corrected chi connectivity index (χ0v) is 9.44. The number of nitrogens with one attached hydrogen (secondary N) is 1. The molecular formula is C13H17NO2. The molecule has 1 aliphatic heterocycles.